The maximum atomic E-state index is 12.8. The van der Waals surface area contributed by atoms with E-state index in [-0.39, 0.29) is 18.6 Å². The van der Waals surface area contributed by atoms with Gasteiger partial charge < -0.3 is 4.74 Å². The molecule has 0 atom stereocenters. The molecule has 136 valence electrons. The maximum absolute atomic E-state index is 12.8. The van der Waals surface area contributed by atoms with Crippen LogP contribution in [0.5, 0.6) is 0 Å². The number of aromatic nitrogens is 2. The van der Waals surface area contributed by atoms with Crippen molar-refractivity contribution in [1.82, 2.24) is 9.78 Å². The van der Waals surface area contributed by atoms with Gasteiger partial charge in [0.25, 0.3) is 0 Å². The molecule has 0 fully saturated rings. The molecule has 2 rings (SSSR count). The lowest BCUT2D eigenvalue weighted by atomic mass is 10.1. The first-order valence-electron chi connectivity index (χ1n) is 6.92. The molecule has 0 aliphatic heterocycles. The summed E-state index contributed by atoms with van der Waals surface area (Å²) in [6.45, 7) is -0.369. The van der Waals surface area contributed by atoms with Gasteiger partial charge in [0.05, 0.1) is 12.2 Å². The predicted octanol–water partition coefficient (Wildman–Crippen LogP) is 3.86. The monoisotopic (exact) mass is 366 g/mol. The number of nitrogens with zero attached hydrogens (tertiary/aromatic N) is 2. The van der Waals surface area contributed by atoms with Gasteiger partial charge in [-0.3, -0.25) is 4.68 Å². The van der Waals surface area contributed by atoms with Crippen molar-refractivity contribution in [3.8, 4) is 0 Å². The number of halogens is 6. The second-order valence-electron chi connectivity index (χ2n) is 5.15. The first-order chi connectivity index (χ1) is 11.5. The largest absolute Gasteiger partial charge is 0.462 e. The lowest BCUT2D eigenvalue weighted by Crippen LogP contribution is -2.15. The van der Waals surface area contributed by atoms with Gasteiger partial charge in [-0.2, -0.15) is 31.4 Å². The fraction of sp³-hybridized carbons (Fsp3) is 0.333. The van der Waals surface area contributed by atoms with Crippen molar-refractivity contribution in [3.05, 3.63) is 52.8 Å². The normalized spacial score (nSPS) is 12.3. The fourth-order valence-electron chi connectivity index (χ4n) is 2.09. The quantitative estimate of drug-likeness (QED) is 0.610. The van der Waals surface area contributed by atoms with E-state index in [1.165, 1.54) is 19.2 Å². The van der Waals surface area contributed by atoms with Crippen molar-refractivity contribution in [2.24, 2.45) is 7.05 Å². The standard InChI is InChI=1S/C15H12F6N2O2/c1-23-8-11(12(22-23)15(19,20)21)13(24)25-6-5-9-3-2-4-10(7-9)14(16,17)18/h2-4,7-8H,5-6H2,1H3. The van der Waals surface area contributed by atoms with Crippen LogP contribution in [0.1, 0.15) is 27.2 Å². The third-order valence-electron chi connectivity index (χ3n) is 3.20. The Hall–Kier alpha value is -2.52. The predicted molar refractivity (Wildman–Crippen MR) is 73.6 cm³/mol. The molecule has 0 aliphatic rings. The van der Waals surface area contributed by atoms with Gasteiger partial charge in [-0.05, 0) is 11.6 Å². The molecule has 0 aliphatic carbocycles. The Morgan fingerprint density at radius 1 is 1.16 bits per heavy atom. The van der Waals surface area contributed by atoms with E-state index in [0.717, 1.165) is 23.0 Å². The first-order valence-corrected chi connectivity index (χ1v) is 6.92. The van der Waals surface area contributed by atoms with Crippen LogP contribution >= 0.6 is 0 Å². The second kappa shape index (κ2) is 6.77. The van der Waals surface area contributed by atoms with Crippen LogP contribution < -0.4 is 0 Å². The van der Waals surface area contributed by atoms with Gasteiger partial charge in [0.2, 0.25) is 0 Å². The van der Waals surface area contributed by atoms with Crippen LogP contribution in [0.25, 0.3) is 0 Å². The highest BCUT2D eigenvalue weighted by Crippen LogP contribution is 2.31. The number of ether oxygens (including phenoxy) is 1. The zero-order chi connectivity index (χ0) is 18.8. The van der Waals surface area contributed by atoms with E-state index >= 15 is 0 Å². The third-order valence-corrected chi connectivity index (χ3v) is 3.20. The van der Waals surface area contributed by atoms with Gasteiger partial charge in [0.15, 0.2) is 5.69 Å². The number of esters is 1. The van der Waals surface area contributed by atoms with Crippen molar-refractivity contribution in [2.45, 2.75) is 18.8 Å². The van der Waals surface area contributed by atoms with Crippen LogP contribution in [0.3, 0.4) is 0 Å². The Bertz CT molecular complexity index is 764. The fourth-order valence-corrected chi connectivity index (χ4v) is 2.09. The minimum absolute atomic E-state index is 0.0721. The Morgan fingerprint density at radius 2 is 1.84 bits per heavy atom. The van der Waals surface area contributed by atoms with Crippen molar-refractivity contribution < 1.29 is 35.9 Å². The van der Waals surface area contributed by atoms with Gasteiger partial charge in [-0.25, -0.2) is 4.79 Å². The molecular weight excluding hydrogens is 354 g/mol. The number of carbonyl (C=O) groups excluding carboxylic acids is 1. The first kappa shape index (κ1) is 18.8. The van der Waals surface area contributed by atoms with Crippen LogP contribution in [0.4, 0.5) is 26.3 Å². The van der Waals surface area contributed by atoms with E-state index in [2.05, 4.69) is 5.10 Å². The zero-order valence-electron chi connectivity index (χ0n) is 12.8. The molecular formula is C15H12F6N2O2. The Morgan fingerprint density at radius 3 is 2.44 bits per heavy atom. The Kier molecular flexibility index (Phi) is 5.09. The summed E-state index contributed by atoms with van der Waals surface area (Å²) in [6.07, 6.45) is -8.53. The zero-order valence-corrected chi connectivity index (χ0v) is 12.8. The summed E-state index contributed by atoms with van der Waals surface area (Å²) in [6, 6.07) is 4.37. The summed E-state index contributed by atoms with van der Waals surface area (Å²) in [5.74, 6) is -1.24. The lowest BCUT2D eigenvalue weighted by Gasteiger charge is -2.09. The molecule has 1 aromatic carbocycles. The van der Waals surface area contributed by atoms with Gasteiger partial charge in [0, 0.05) is 19.7 Å². The minimum Gasteiger partial charge on any atom is -0.462 e. The number of aryl methyl sites for hydroxylation is 1. The third kappa shape index (κ3) is 4.74. The van der Waals surface area contributed by atoms with Crippen molar-refractivity contribution in [1.29, 1.82) is 0 Å². The molecule has 0 bridgehead atoms. The van der Waals surface area contributed by atoms with Crippen LogP contribution in [-0.2, 0) is 30.6 Å². The molecule has 0 amide bonds. The van der Waals surface area contributed by atoms with E-state index in [0.29, 0.717) is 0 Å². The molecule has 0 N–H and O–H groups in total. The highest BCUT2D eigenvalue weighted by Gasteiger charge is 2.39. The topological polar surface area (TPSA) is 44.1 Å². The summed E-state index contributed by atoms with van der Waals surface area (Å²) < 4.78 is 81.7. The average Bonchev–Trinajstić information content (AvgIpc) is 2.89. The highest BCUT2D eigenvalue weighted by molar-refractivity contribution is 5.90. The average molecular weight is 366 g/mol. The summed E-state index contributed by atoms with van der Waals surface area (Å²) in [7, 11) is 1.22. The molecule has 0 radical (unpaired) electrons. The molecule has 0 saturated heterocycles. The Labute approximate surface area is 138 Å². The number of carbonyl (C=O) groups is 1. The summed E-state index contributed by atoms with van der Waals surface area (Å²) in [5.41, 5.74) is -2.74. The number of rotatable bonds is 4. The highest BCUT2D eigenvalue weighted by atomic mass is 19.4. The van der Waals surface area contributed by atoms with Crippen LogP contribution in [0, 0.1) is 0 Å². The Balaban J connectivity index is 2.03. The summed E-state index contributed by atoms with van der Waals surface area (Å²) in [5, 5.41) is 3.17. The van der Waals surface area contributed by atoms with E-state index < -0.39 is 35.1 Å². The lowest BCUT2D eigenvalue weighted by molar-refractivity contribution is -0.142. The smallest absolute Gasteiger partial charge is 0.436 e. The number of hydrogen-bond acceptors (Lipinski definition) is 3. The number of hydrogen-bond donors (Lipinski definition) is 0. The van der Waals surface area contributed by atoms with Gasteiger partial charge in [-0.1, -0.05) is 18.2 Å². The van der Waals surface area contributed by atoms with Crippen LogP contribution in [0.15, 0.2) is 30.5 Å². The maximum Gasteiger partial charge on any atom is 0.436 e. The molecule has 0 saturated carbocycles. The van der Waals surface area contributed by atoms with E-state index in [1.807, 2.05) is 0 Å². The molecule has 2 aromatic rings. The van der Waals surface area contributed by atoms with Gasteiger partial charge in [-0.15, -0.1) is 0 Å². The van der Waals surface area contributed by atoms with Crippen LogP contribution in [-0.4, -0.2) is 22.4 Å². The molecule has 0 spiro atoms. The van der Waals surface area contributed by atoms with Crippen molar-refractivity contribution in [3.63, 3.8) is 0 Å². The minimum atomic E-state index is -4.82. The van der Waals surface area contributed by atoms with E-state index in [4.69, 9.17) is 4.74 Å². The van der Waals surface area contributed by atoms with E-state index in [1.54, 1.807) is 0 Å². The van der Waals surface area contributed by atoms with Crippen molar-refractivity contribution >= 4 is 5.97 Å². The molecule has 4 nitrogen and oxygen atoms in total. The molecule has 0 unspecified atom stereocenters. The number of benzene rings is 1. The van der Waals surface area contributed by atoms with E-state index in [9.17, 15) is 31.1 Å². The summed E-state index contributed by atoms with van der Waals surface area (Å²) in [4.78, 5) is 11.8. The van der Waals surface area contributed by atoms with Crippen LogP contribution in [0.2, 0.25) is 0 Å². The summed E-state index contributed by atoms with van der Waals surface area (Å²) >= 11 is 0. The number of alkyl halides is 6. The van der Waals surface area contributed by atoms with Crippen molar-refractivity contribution in [2.75, 3.05) is 6.61 Å². The molecule has 10 heteroatoms. The van der Waals surface area contributed by atoms with Gasteiger partial charge >= 0.3 is 18.3 Å². The second-order valence-corrected chi connectivity index (χ2v) is 5.15. The SMILES string of the molecule is Cn1cc(C(=O)OCCc2cccc(C(F)(F)F)c2)c(C(F)(F)F)n1. The molecule has 1 aromatic heterocycles. The molecule has 1 heterocycles. The van der Waals surface area contributed by atoms with Gasteiger partial charge in [0.1, 0.15) is 5.56 Å². The molecule has 25 heavy (non-hydrogen) atoms.